The van der Waals surface area contributed by atoms with E-state index in [1.165, 1.54) is 379 Å². The summed E-state index contributed by atoms with van der Waals surface area (Å²) >= 11 is 0. The van der Waals surface area contributed by atoms with Crippen LogP contribution in [0.3, 0.4) is 0 Å². The maximum absolute atomic E-state index is 13.6. The first-order valence-electron chi connectivity index (χ1n) is 55.6. The van der Waals surface area contributed by atoms with Crippen LogP contribution in [0.1, 0.15) is 536 Å². The van der Waals surface area contributed by atoms with E-state index in [4.69, 9.17) is 28.4 Å². The van der Waals surface area contributed by atoms with E-state index in [0.29, 0.717) is 105 Å². The van der Waals surface area contributed by atoms with E-state index in [1.54, 1.807) is 0 Å². The van der Waals surface area contributed by atoms with Crippen molar-refractivity contribution in [3.8, 4) is 0 Å². The fourth-order valence-corrected chi connectivity index (χ4v) is 18.9. The van der Waals surface area contributed by atoms with E-state index >= 15 is 0 Å². The van der Waals surface area contributed by atoms with Crippen molar-refractivity contribution in [3.05, 3.63) is 0 Å². The zero-order valence-electron chi connectivity index (χ0n) is 85.1. The quantitative estimate of drug-likeness (QED) is 0.0243. The predicted octanol–water partition coefficient (Wildman–Crippen LogP) is 31.0. The van der Waals surface area contributed by atoms with Gasteiger partial charge in [0.1, 0.15) is 0 Å². The van der Waals surface area contributed by atoms with E-state index in [1.807, 2.05) is 21.6 Å². The summed E-state index contributed by atoms with van der Waals surface area (Å²) in [6, 6.07) is 0. The lowest BCUT2D eigenvalue weighted by Crippen LogP contribution is -2.39. The van der Waals surface area contributed by atoms with E-state index in [9.17, 15) is 28.8 Å². The van der Waals surface area contributed by atoms with Crippen LogP contribution in [0.15, 0.2) is 0 Å². The topological polar surface area (TPSA) is 171 Å². The Morgan fingerprint density at radius 2 is 0.260 bits per heavy atom. The molecule has 0 amide bonds. The average molecular weight is 1840 g/mol. The van der Waals surface area contributed by atoms with Crippen molar-refractivity contribution in [1.82, 2.24) is 19.6 Å². The second kappa shape index (κ2) is 105. The molecule has 0 aromatic carbocycles. The smallest absolute Gasteiger partial charge is 0.307 e. The Morgan fingerprint density at radius 1 is 0.150 bits per heavy atom. The van der Waals surface area contributed by atoms with Crippen LogP contribution < -0.4 is 0 Å². The molecule has 0 rings (SSSR count). The van der Waals surface area contributed by atoms with Crippen molar-refractivity contribution >= 4 is 57.4 Å². The molecule has 0 saturated heterocycles. The Balaban J connectivity index is 6.50. The molecule has 0 aliphatic heterocycles. The average Bonchev–Trinajstić information content (AvgIpc) is 0.937. The molecule has 0 heterocycles. The maximum Gasteiger partial charge on any atom is 0.307 e. The van der Waals surface area contributed by atoms with Crippen molar-refractivity contribution in [1.29, 1.82) is 0 Å². The number of nitrogens with zero attached hydrogens (tertiary/aromatic N) is 4. The van der Waals surface area contributed by atoms with Gasteiger partial charge in [0.15, 0.2) is 0 Å². The largest absolute Gasteiger partial charge is 0.466 e. The van der Waals surface area contributed by atoms with Crippen molar-refractivity contribution in [2.75, 3.05) is 130 Å². The summed E-state index contributed by atoms with van der Waals surface area (Å²) < 4.78 is 35.1. The molecule has 0 aliphatic rings. The molecule has 16 nitrogen and oxygen atoms in total. The first-order chi connectivity index (χ1) is 62.5. The molecule has 0 unspecified atom stereocenters. The molecule has 0 spiro atoms. The summed E-state index contributed by atoms with van der Waals surface area (Å²) in [4.78, 5) is 89.9. The molecule has 0 N–H and O–H groups in total. The van der Waals surface area contributed by atoms with Gasteiger partial charge in [0, 0.05) is 90.0 Å². The number of esters is 6. The highest BCUT2D eigenvalue weighted by atomic mass is 33.1. The van der Waals surface area contributed by atoms with Crippen LogP contribution in [0.25, 0.3) is 0 Å². The Morgan fingerprint density at radius 3 is 0.386 bits per heavy atom. The summed E-state index contributed by atoms with van der Waals surface area (Å²) in [5.74, 6) is 0.439. The summed E-state index contributed by atoms with van der Waals surface area (Å²) in [5, 5.41) is 0. The first-order valence-corrected chi connectivity index (χ1v) is 58.1. The second-order valence-corrected chi connectivity index (χ2v) is 40.5. The zero-order chi connectivity index (χ0) is 92.0. The summed E-state index contributed by atoms with van der Waals surface area (Å²) in [7, 11) is 3.62. The van der Waals surface area contributed by atoms with Gasteiger partial charge in [0.05, 0.1) is 78.2 Å². The van der Waals surface area contributed by atoms with Crippen LogP contribution in [0.5, 0.6) is 0 Å². The molecule has 0 radical (unpaired) electrons. The Kier molecular flexibility index (Phi) is 103. The van der Waals surface area contributed by atoms with Gasteiger partial charge in [-0.15, -0.1) is 0 Å². The number of unbranched alkanes of at least 4 members (excludes halogenated alkanes) is 65. The highest BCUT2D eigenvalue weighted by molar-refractivity contribution is 8.76. The lowest BCUT2D eigenvalue weighted by molar-refractivity contribution is -0.146. The molecule has 18 heteroatoms. The molecule has 752 valence electrons. The number of rotatable bonds is 108. The fraction of sp³-hybridized carbons (Fsp3) is 0.945. The standard InChI is InChI=1S/C109H212N4O12S2/c1-7-13-19-25-31-37-43-49-55-61-67-73-97-121-105(115)79-85-110(84-78-104(114)120-96-72-66-60-54-48-42-36-30-24-18-12-6)90-92-112(88-82-108(118)124-100-76-70-64-58-52-46-40-34-28-22-16-10-4)94-102-126-127-103-95-113(89-83-109(119)125-101-77-71-65-59-53-47-41-35-29-23-17-11-5)93-91-111(86-80-106(116)122-98-74-68-62-56-50-44-38-32-26-20-14-8-2)87-81-107(117)123-99-75-69-63-57-51-45-39-33-27-21-15-9-3/h7-103H2,1-6H3. The third kappa shape index (κ3) is 99.2. The second-order valence-electron chi connectivity index (χ2n) is 37.8. The Labute approximate surface area is 794 Å². The number of ether oxygens (including phenoxy) is 6. The van der Waals surface area contributed by atoms with Crippen molar-refractivity contribution in [3.63, 3.8) is 0 Å². The minimum atomic E-state index is -0.206. The molecule has 0 bridgehead atoms. The Hall–Kier alpha value is -2.64. The van der Waals surface area contributed by atoms with Crippen LogP contribution in [0, 0.1) is 0 Å². The van der Waals surface area contributed by atoms with Crippen LogP contribution in [0.4, 0.5) is 0 Å². The van der Waals surface area contributed by atoms with Crippen molar-refractivity contribution < 1.29 is 57.2 Å². The van der Waals surface area contributed by atoms with Gasteiger partial charge in [-0.1, -0.05) is 480 Å². The van der Waals surface area contributed by atoms with Crippen LogP contribution in [-0.2, 0) is 57.2 Å². The first kappa shape index (κ1) is 124. The monoisotopic (exact) mass is 1830 g/mol. The SMILES string of the molecule is CCCCCCCCCCCCCCOC(=O)CCN(CCSSCCN(CCC(=O)OCCCCCCCCCCCCCC)CCN(CCC(=O)OCCCCCCCCCCCCCC)CCC(=O)OCCCCCCCCCCCCCC)CCN(CCC(=O)OCCCCCCCCCCCCC)CCC(=O)OCCCCCCCCCCCCCC. The summed E-state index contributed by atoms with van der Waals surface area (Å²) in [5.41, 5.74) is 0. The van der Waals surface area contributed by atoms with E-state index in [0.717, 1.165) is 102 Å². The molecule has 127 heavy (non-hydrogen) atoms. The fourth-order valence-electron chi connectivity index (χ4n) is 16.9. The number of hydrogen-bond donors (Lipinski definition) is 0. The molecule has 0 fully saturated rings. The summed E-state index contributed by atoms with van der Waals surface area (Å²) in [6.07, 6.45) is 90.0. The van der Waals surface area contributed by atoms with Crippen LogP contribution >= 0.6 is 21.6 Å². The lowest BCUT2D eigenvalue weighted by atomic mass is 10.1. The molecule has 0 saturated carbocycles. The number of hydrogen-bond acceptors (Lipinski definition) is 18. The van der Waals surface area contributed by atoms with E-state index in [2.05, 4.69) is 61.1 Å². The van der Waals surface area contributed by atoms with Gasteiger partial charge in [-0.25, -0.2) is 0 Å². The lowest BCUT2D eigenvalue weighted by Gasteiger charge is -2.28. The normalized spacial score (nSPS) is 11.7. The third-order valence-corrected chi connectivity index (χ3v) is 28.0. The van der Waals surface area contributed by atoms with E-state index in [-0.39, 0.29) is 74.3 Å². The van der Waals surface area contributed by atoms with Crippen molar-refractivity contribution in [2.45, 2.75) is 536 Å². The molecule has 0 aromatic rings. The molecular formula is C109H212N4O12S2. The highest BCUT2D eigenvalue weighted by Gasteiger charge is 2.20. The molecule has 0 atom stereocenters. The maximum atomic E-state index is 13.6. The van der Waals surface area contributed by atoms with E-state index < -0.39 is 0 Å². The predicted molar refractivity (Wildman–Crippen MR) is 546 cm³/mol. The van der Waals surface area contributed by atoms with Gasteiger partial charge < -0.3 is 48.0 Å². The molecule has 0 aliphatic carbocycles. The zero-order valence-corrected chi connectivity index (χ0v) is 86.7. The van der Waals surface area contributed by atoms with Crippen LogP contribution in [0.2, 0.25) is 0 Å². The minimum absolute atomic E-state index is 0.176. The van der Waals surface area contributed by atoms with Gasteiger partial charge in [-0.3, -0.25) is 28.8 Å². The number of carbonyl (C=O) groups excluding carboxylic acids is 6. The molecular weight excluding hydrogens is 1620 g/mol. The molecule has 0 aromatic heterocycles. The summed E-state index contributed by atoms with van der Waals surface area (Å²) in [6.45, 7) is 23.1. The third-order valence-electron chi connectivity index (χ3n) is 25.6. The highest BCUT2D eigenvalue weighted by Crippen LogP contribution is 2.24. The minimum Gasteiger partial charge on any atom is -0.466 e. The van der Waals surface area contributed by atoms with Crippen LogP contribution in [-0.4, -0.2) is 185 Å². The van der Waals surface area contributed by atoms with Gasteiger partial charge in [-0.2, -0.15) is 0 Å². The van der Waals surface area contributed by atoms with Gasteiger partial charge >= 0.3 is 35.8 Å². The van der Waals surface area contributed by atoms with Gasteiger partial charge in [0.2, 0.25) is 0 Å². The van der Waals surface area contributed by atoms with Gasteiger partial charge in [-0.05, 0) is 38.5 Å². The van der Waals surface area contributed by atoms with Crippen molar-refractivity contribution in [2.24, 2.45) is 0 Å². The Bertz CT molecular complexity index is 2190. The number of carbonyl (C=O) groups is 6. The van der Waals surface area contributed by atoms with Gasteiger partial charge in [0.25, 0.3) is 0 Å².